The molecule has 0 saturated heterocycles. The van der Waals surface area contributed by atoms with Crippen molar-refractivity contribution in [3.63, 3.8) is 0 Å². The zero-order valence-electron chi connectivity index (χ0n) is 14.0. The van der Waals surface area contributed by atoms with Crippen LogP contribution in [0.2, 0.25) is 0 Å². The van der Waals surface area contributed by atoms with Gasteiger partial charge in [-0.2, -0.15) is 0 Å². The van der Waals surface area contributed by atoms with Crippen LogP contribution in [0.4, 0.5) is 17.1 Å². The van der Waals surface area contributed by atoms with Crippen molar-refractivity contribution >= 4 is 37.1 Å². The van der Waals surface area contributed by atoms with E-state index >= 15 is 0 Å². The lowest BCUT2D eigenvalue weighted by Gasteiger charge is -2.15. The lowest BCUT2D eigenvalue weighted by Crippen LogP contribution is -2.21. The minimum Gasteiger partial charge on any atom is -0.398 e. The van der Waals surface area contributed by atoms with Gasteiger partial charge >= 0.3 is 0 Å². The summed E-state index contributed by atoms with van der Waals surface area (Å²) in [6.45, 7) is 0. The van der Waals surface area contributed by atoms with Crippen LogP contribution >= 0.6 is 0 Å². The maximum absolute atomic E-state index is 12.9. The highest BCUT2D eigenvalue weighted by Crippen LogP contribution is 2.30. The number of nitrogens with two attached hydrogens (primary N) is 1. The third-order valence-corrected chi connectivity index (χ3v) is 6.67. The van der Waals surface area contributed by atoms with Crippen LogP contribution in [0.15, 0.2) is 88.7 Å². The quantitative estimate of drug-likeness (QED) is 0.547. The Bertz CT molecular complexity index is 1150. The second kappa shape index (κ2) is 7.29. The molecule has 0 heterocycles. The average Bonchev–Trinajstić information content (AvgIpc) is 2.62. The lowest BCUT2D eigenvalue weighted by molar-refractivity contribution is 0.588. The Kier molecular flexibility index (Phi) is 5.06. The molecule has 0 aliphatic heterocycles. The summed E-state index contributed by atoms with van der Waals surface area (Å²) in [7, 11) is -8.44. The van der Waals surface area contributed by atoms with Crippen LogP contribution in [-0.4, -0.2) is 16.8 Å². The van der Waals surface area contributed by atoms with Gasteiger partial charge in [-0.15, -0.1) is 0 Å². The number of rotatable bonds is 6. The van der Waals surface area contributed by atoms with Gasteiger partial charge in [0.25, 0.3) is 20.0 Å². The molecule has 7 nitrogen and oxygen atoms in total. The predicted molar refractivity (Wildman–Crippen MR) is 105 cm³/mol. The summed E-state index contributed by atoms with van der Waals surface area (Å²) in [5.74, 6) is 0. The molecule has 0 spiro atoms. The summed E-state index contributed by atoms with van der Waals surface area (Å²) < 4.78 is 56.1. The van der Waals surface area contributed by atoms with Crippen LogP contribution in [0.25, 0.3) is 0 Å². The fraction of sp³-hybridized carbons (Fsp3) is 0. The van der Waals surface area contributed by atoms with Crippen molar-refractivity contribution in [3.8, 4) is 0 Å². The number of anilines is 3. The number of sulfonamides is 2. The van der Waals surface area contributed by atoms with Crippen LogP contribution in [0.1, 0.15) is 0 Å². The van der Waals surface area contributed by atoms with Crippen LogP contribution in [0.5, 0.6) is 0 Å². The van der Waals surface area contributed by atoms with Gasteiger partial charge in [-0.3, -0.25) is 9.44 Å². The van der Waals surface area contributed by atoms with Gasteiger partial charge < -0.3 is 5.73 Å². The summed E-state index contributed by atoms with van der Waals surface area (Å²) in [6.07, 6.45) is 0. The maximum atomic E-state index is 12.9. The summed E-state index contributed by atoms with van der Waals surface area (Å²) in [5.41, 5.74) is 6.26. The zero-order chi connectivity index (χ0) is 19.5. The third-order valence-electron chi connectivity index (χ3n) is 3.62. The van der Waals surface area contributed by atoms with E-state index in [9.17, 15) is 16.8 Å². The minimum absolute atomic E-state index is 0.172. The molecule has 3 rings (SSSR count). The van der Waals surface area contributed by atoms with E-state index in [2.05, 4.69) is 9.44 Å². The van der Waals surface area contributed by atoms with Gasteiger partial charge in [0.15, 0.2) is 0 Å². The van der Waals surface area contributed by atoms with Gasteiger partial charge in [0.05, 0.1) is 5.69 Å². The van der Waals surface area contributed by atoms with E-state index < -0.39 is 29.8 Å². The van der Waals surface area contributed by atoms with E-state index in [4.69, 9.17) is 5.73 Å². The van der Waals surface area contributed by atoms with Crippen molar-refractivity contribution in [1.82, 2.24) is 0 Å². The Hall–Kier alpha value is -3.04. The van der Waals surface area contributed by atoms with E-state index in [1.54, 1.807) is 60.7 Å². The zero-order valence-corrected chi connectivity index (χ0v) is 15.7. The van der Waals surface area contributed by atoms with Crippen molar-refractivity contribution in [1.29, 1.82) is 0 Å². The first-order valence-electron chi connectivity index (χ1n) is 7.84. The fourth-order valence-corrected chi connectivity index (χ4v) is 5.55. The van der Waals surface area contributed by atoms with Crippen molar-refractivity contribution in [2.24, 2.45) is 0 Å². The topological polar surface area (TPSA) is 118 Å². The molecule has 0 saturated carbocycles. The van der Waals surface area contributed by atoms with Gasteiger partial charge in [0.1, 0.15) is 9.79 Å². The minimum atomic E-state index is -4.24. The highest BCUT2D eigenvalue weighted by atomic mass is 32.2. The van der Waals surface area contributed by atoms with Gasteiger partial charge in [-0.25, -0.2) is 16.8 Å². The number of nitrogen functional groups attached to an aromatic ring is 1. The monoisotopic (exact) mass is 403 g/mol. The molecule has 0 aromatic heterocycles. The molecule has 27 heavy (non-hydrogen) atoms. The normalized spacial score (nSPS) is 11.7. The first-order valence-corrected chi connectivity index (χ1v) is 10.8. The van der Waals surface area contributed by atoms with Crippen LogP contribution in [0.3, 0.4) is 0 Å². The van der Waals surface area contributed by atoms with Gasteiger partial charge in [0.2, 0.25) is 0 Å². The SMILES string of the molecule is Nc1cccc(S(=O)(=O)Nc2ccccc2)c1S(=O)(=O)Nc1ccccc1. The molecule has 0 unspecified atom stereocenters. The molecular weight excluding hydrogens is 386 g/mol. The van der Waals surface area contributed by atoms with Crippen LogP contribution in [0, 0.1) is 0 Å². The number of para-hydroxylation sites is 2. The summed E-state index contributed by atoms with van der Waals surface area (Å²) in [5, 5.41) is 0. The lowest BCUT2D eigenvalue weighted by atomic mass is 10.3. The number of benzene rings is 3. The second-order valence-electron chi connectivity index (χ2n) is 5.62. The Balaban J connectivity index is 2.07. The Morgan fingerprint density at radius 1 is 0.593 bits per heavy atom. The van der Waals surface area contributed by atoms with Crippen LogP contribution < -0.4 is 15.2 Å². The first-order chi connectivity index (χ1) is 12.8. The molecule has 0 atom stereocenters. The Labute approximate surface area is 158 Å². The third kappa shape index (κ3) is 4.21. The van der Waals surface area contributed by atoms with Crippen molar-refractivity contribution < 1.29 is 16.8 Å². The molecule has 3 aromatic carbocycles. The predicted octanol–water partition coefficient (Wildman–Crippen LogP) is 2.87. The standard InChI is InChI=1S/C18H17N3O4S2/c19-16-12-7-13-17(26(22,23)20-14-8-3-1-4-9-14)18(16)27(24,25)21-15-10-5-2-6-11-15/h1-13,20-21H,19H2. The Morgan fingerprint density at radius 2 is 1.07 bits per heavy atom. The molecule has 9 heteroatoms. The van der Waals surface area contributed by atoms with Crippen molar-refractivity contribution in [3.05, 3.63) is 78.9 Å². The van der Waals surface area contributed by atoms with Crippen molar-refractivity contribution in [2.45, 2.75) is 9.79 Å². The molecule has 3 aromatic rings. The van der Waals surface area contributed by atoms with E-state index in [0.717, 1.165) is 0 Å². The summed E-state index contributed by atoms with van der Waals surface area (Å²) in [4.78, 5) is -0.938. The molecular formula is C18H17N3O4S2. The van der Waals surface area contributed by atoms with E-state index in [-0.39, 0.29) is 5.69 Å². The van der Waals surface area contributed by atoms with Crippen molar-refractivity contribution in [2.75, 3.05) is 15.2 Å². The molecule has 140 valence electrons. The molecule has 0 amide bonds. The highest BCUT2D eigenvalue weighted by molar-refractivity contribution is 7.95. The molecule has 0 fully saturated rings. The molecule has 0 aliphatic carbocycles. The first kappa shape index (κ1) is 18.7. The molecule has 0 aliphatic rings. The Morgan fingerprint density at radius 3 is 1.59 bits per heavy atom. The largest absolute Gasteiger partial charge is 0.398 e. The highest BCUT2D eigenvalue weighted by Gasteiger charge is 2.29. The van der Waals surface area contributed by atoms with Gasteiger partial charge in [0, 0.05) is 11.4 Å². The summed E-state index contributed by atoms with van der Waals surface area (Å²) >= 11 is 0. The van der Waals surface area contributed by atoms with E-state index in [1.165, 1.54) is 18.2 Å². The number of hydrogen-bond donors (Lipinski definition) is 3. The van der Waals surface area contributed by atoms with E-state index in [0.29, 0.717) is 11.4 Å². The maximum Gasteiger partial charge on any atom is 0.265 e. The molecule has 4 N–H and O–H groups in total. The fourth-order valence-electron chi connectivity index (χ4n) is 2.46. The van der Waals surface area contributed by atoms with E-state index in [1.807, 2.05) is 0 Å². The van der Waals surface area contributed by atoms with Gasteiger partial charge in [-0.05, 0) is 36.4 Å². The average molecular weight is 403 g/mol. The number of nitrogens with one attached hydrogen (secondary N) is 2. The van der Waals surface area contributed by atoms with Gasteiger partial charge in [-0.1, -0.05) is 42.5 Å². The smallest absolute Gasteiger partial charge is 0.265 e. The van der Waals surface area contributed by atoms with Crippen LogP contribution in [-0.2, 0) is 20.0 Å². The number of hydrogen-bond acceptors (Lipinski definition) is 5. The second-order valence-corrected chi connectivity index (χ2v) is 8.89. The molecule has 0 bridgehead atoms. The summed E-state index contributed by atoms with van der Waals surface area (Å²) in [6, 6.07) is 20.2. The molecule has 0 radical (unpaired) electrons.